The third-order valence-electron chi connectivity index (χ3n) is 4.55. The van der Waals surface area contributed by atoms with Crippen LogP contribution in [0, 0.1) is 11.8 Å². The smallest absolute Gasteiger partial charge is 0.138 e. The average Bonchev–Trinajstić information content (AvgIpc) is 2.90. The van der Waals surface area contributed by atoms with Crippen LogP contribution in [0.4, 0.5) is 0 Å². The van der Waals surface area contributed by atoms with Gasteiger partial charge in [-0.05, 0) is 24.7 Å². The van der Waals surface area contributed by atoms with Crippen LogP contribution in [0.15, 0.2) is 6.33 Å². The molecule has 1 fully saturated rings. The molecule has 0 spiro atoms. The van der Waals surface area contributed by atoms with Crippen LogP contribution in [0.25, 0.3) is 0 Å². The Labute approximate surface area is 128 Å². The Hall–Kier alpha value is -0.940. The Morgan fingerprint density at radius 1 is 1.33 bits per heavy atom. The molecular weight excluding hydrogens is 262 g/mol. The van der Waals surface area contributed by atoms with Gasteiger partial charge in [-0.25, -0.2) is 9.67 Å². The fourth-order valence-electron chi connectivity index (χ4n) is 3.32. The summed E-state index contributed by atoms with van der Waals surface area (Å²) in [6.07, 6.45) is 12.0. The van der Waals surface area contributed by atoms with E-state index in [2.05, 4.69) is 29.4 Å². The van der Waals surface area contributed by atoms with Crippen molar-refractivity contribution >= 4 is 0 Å². The van der Waals surface area contributed by atoms with Gasteiger partial charge < -0.3 is 0 Å². The van der Waals surface area contributed by atoms with Gasteiger partial charge in [-0.2, -0.15) is 5.10 Å². The molecule has 1 heterocycles. The van der Waals surface area contributed by atoms with Crippen molar-refractivity contribution in [3.8, 4) is 0 Å². The quantitative estimate of drug-likeness (QED) is 0.571. The number of hydrogen-bond acceptors (Lipinski definition) is 4. The van der Waals surface area contributed by atoms with Crippen molar-refractivity contribution in [1.29, 1.82) is 0 Å². The molecule has 1 aromatic heterocycles. The van der Waals surface area contributed by atoms with Gasteiger partial charge >= 0.3 is 0 Å². The first kappa shape index (κ1) is 16.4. The highest BCUT2D eigenvalue weighted by atomic mass is 15.3. The summed E-state index contributed by atoms with van der Waals surface area (Å²) in [5, 5.41) is 4.33. The van der Waals surface area contributed by atoms with Gasteiger partial charge in [0.25, 0.3) is 0 Å². The number of aromatic nitrogens is 3. The summed E-state index contributed by atoms with van der Waals surface area (Å²) in [5.74, 6) is 8.29. The van der Waals surface area contributed by atoms with Crippen LogP contribution in [0.3, 0.4) is 0 Å². The minimum Gasteiger partial charge on any atom is -0.271 e. The van der Waals surface area contributed by atoms with Crippen molar-refractivity contribution in [2.24, 2.45) is 17.7 Å². The lowest BCUT2D eigenvalue weighted by Crippen LogP contribution is -2.38. The number of hydrazine groups is 1. The maximum atomic E-state index is 5.75. The topological polar surface area (TPSA) is 68.8 Å². The minimum atomic E-state index is 0.307. The molecule has 1 atom stereocenters. The normalized spacial score (nSPS) is 18.3. The van der Waals surface area contributed by atoms with E-state index < -0.39 is 0 Å². The number of nitrogens with two attached hydrogens (primary N) is 1. The summed E-state index contributed by atoms with van der Waals surface area (Å²) in [6, 6.07) is 0.307. The lowest BCUT2D eigenvalue weighted by atomic mass is 9.85. The summed E-state index contributed by atoms with van der Waals surface area (Å²) >= 11 is 0. The zero-order chi connectivity index (χ0) is 15.1. The molecule has 21 heavy (non-hydrogen) atoms. The largest absolute Gasteiger partial charge is 0.271 e. The molecule has 1 unspecified atom stereocenters. The molecule has 3 N–H and O–H groups in total. The molecule has 0 aliphatic heterocycles. The van der Waals surface area contributed by atoms with Crippen LogP contribution in [0.1, 0.15) is 64.6 Å². The number of nitrogens with zero attached hydrogens (tertiary/aromatic N) is 3. The predicted molar refractivity (Wildman–Crippen MR) is 85.5 cm³/mol. The van der Waals surface area contributed by atoms with Crippen molar-refractivity contribution in [3.05, 3.63) is 12.2 Å². The van der Waals surface area contributed by atoms with E-state index in [0.717, 1.165) is 31.1 Å². The highest BCUT2D eigenvalue weighted by Gasteiger charge is 2.18. The second-order valence-corrected chi connectivity index (χ2v) is 6.90. The summed E-state index contributed by atoms with van der Waals surface area (Å²) in [6.45, 7) is 5.33. The number of rotatable bonds is 8. The molecule has 1 saturated carbocycles. The molecule has 5 nitrogen and oxygen atoms in total. The highest BCUT2D eigenvalue weighted by molar-refractivity contribution is 4.90. The molecule has 0 radical (unpaired) electrons. The van der Waals surface area contributed by atoms with Gasteiger partial charge in [-0.15, -0.1) is 0 Å². The van der Waals surface area contributed by atoms with Crippen LogP contribution in [0.2, 0.25) is 0 Å². The summed E-state index contributed by atoms with van der Waals surface area (Å²) in [7, 11) is 0. The SMILES string of the molecule is CC(C)Cn1ncnc1CC(CCC1CCCCC1)NN. The van der Waals surface area contributed by atoms with Gasteiger partial charge in [0.15, 0.2) is 0 Å². The minimum absolute atomic E-state index is 0.307. The Bertz CT molecular complexity index is 395. The van der Waals surface area contributed by atoms with E-state index in [1.54, 1.807) is 6.33 Å². The van der Waals surface area contributed by atoms with Gasteiger partial charge in [0.1, 0.15) is 12.2 Å². The zero-order valence-electron chi connectivity index (χ0n) is 13.6. The van der Waals surface area contributed by atoms with Crippen LogP contribution in [-0.2, 0) is 13.0 Å². The van der Waals surface area contributed by atoms with E-state index in [1.807, 2.05) is 4.68 Å². The third kappa shape index (κ3) is 5.40. The van der Waals surface area contributed by atoms with Gasteiger partial charge in [0.2, 0.25) is 0 Å². The van der Waals surface area contributed by atoms with Crippen LogP contribution < -0.4 is 11.3 Å². The molecule has 1 aromatic rings. The summed E-state index contributed by atoms with van der Waals surface area (Å²) in [5.41, 5.74) is 2.98. The zero-order valence-corrected chi connectivity index (χ0v) is 13.6. The van der Waals surface area contributed by atoms with Crippen molar-refractivity contribution in [2.45, 2.75) is 77.8 Å². The molecule has 0 aromatic carbocycles. The van der Waals surface area contributed by atoms with Crippen molar-refractivity contribution in [1.82, 2.24) is 20.2 Å². The summed E-state index contributed by atoms with van der Waals surface area (Å²) in [4.78, 5) is 4.41. The molecule has 0 amide bonds. The second kappa shape index (κ2) is 8.49. The molecule has 1 aliphatic carbocycles. The monoisotopic (exact) mass is 293 g/mol. The van der Waals surface area contributed by atoms with Crippen LogP contribution >= 0.6 is 0 Å². The predicted octanol–water partition coefficient (Wildman–Crippen LogP) is 2.67. The van der Waals surface area contributed by atoms with Gasteiger partial charge in [-0.1, -0.05) is 46.0 Å². The summed E-state index contributed by atoms with van der Waals surface area (Å²) < 4.78 is 2.02. The van der Waals surface area contributed by atoms with Gasteiger partial charge in [0.05, 0.1) is 0 Å². The fraction of sp³-hybridized carbons (Fsp3) is 0.875. The maximum Gasteiger partial charge on any atom is 0.138 e. The van der Waals surface area contributed by atoms with Crippen LogP contribution in [-0.4, -0.2) is 20.8 Å². The average molecular weight is 293 g/mol. The van der Waals surface area contributed by atoms with E-state index in [0.29, 0.717) is 12.0 Å². The number of hydrogen-bond donors (Lipinski definition) is 2. The van der Waals surface area contributed by atoms with E-state index in [1.165, 1.54) is 38.5 Å². The lowest BCUT2D eigenvalue weighted by molar-refractivity contribution is 0.310. The van der Waals surface area contributed by atoms with Crippen molar-refractivity contribution < 1.29 is 0 Å². The molecule has 2 rings (SSSR count). The van der Waals surface area contributed by atoms with E-state index in [-0.39, 0.29) is 0 Å². The van der Waals surface area contributed by atoms with E-state index in [9.17, 15) is 0 Å². The van der Waals surface area contributed by atoms with Crippen molar-refractivity contribution in [2.75, 3.05) is 0 Å². The molecule has 5 heteroatoms. The van der Waals surface area contributed by atoms with Crippen molar-refractivity contribution in [3.63, 3.8) is 0 Å². The molecular formula is C16H31N5. The van der Waals surface area contributed by atoms with E-state index >= 15 is 0 Å². The van der Waals surface area contributed by atoms with Crippen LogP contribution in [0.5, 0.6) is 0 Å². The maximum absolute atomic E-state index is 5.75. The molecule has 0 saturated heterocycles. The standard InChI is InChI=1S/C16H31N5/c1-13(2)11-21-16(18-12-19-21)10-15(20-17)9-8-14-6-4-3-5-7-14/h12-15,20H,3-11,17H2,1-2H3. The Kier molecular flexibility index (Phi) is 6.64. The molecule has 0 bridgehead atoms. The Balaban J connectivity index is 1.82. The molecule has 1 aliphatic rings. The second-order valence-electron chi connectivity index (χ2n) is 6.90. The lowest BCUT2D eigenvalue weighted by Gasteiger charge is -2.24. The highest BCUT2D eigenvalue weighted by Crippen LogP contribution is 2.27. The fourth-order valence-corrected chi connectivity index (χ4v) is 3.32. The van der Waals surface area contributed by atoms with Gasteiger partial charge in [0, 0.05) is 19.0 Å². The molecule has 120 valence electrons. The first-order chi connectivity index (χ1) is 10.2. The number of nitrogens with one attached hydrogen (secondary N) is 1. The Morgan fingerprint density at radius 3 is 2.76 bits per heavy atom. The first-order valence-corrected chi connectivity index (χ1v) is 8.51. The first-order valence-electron chi connectivity index (χ1n) is 8.51. The van der Waals surface area contributed by atoms with Gasteiger partial charge in [-0.3, -0.25) is 11.3 Å². The third-order valence-corrected chi connectivity index (χ3v) is 4.55. The van der Waals surface area contributed by atoms with E-state index in [4.69, 9.17) is 5.84 Å². The Morgan fingerprint density at radius 2 is 2.10 bits per heavy atom.